The van der Waals surface area contributed by atoms with E-state index in [0.29, 0.717) is 27.4 Å². The Morgan fingerprint density at radius 3 is 2.19 bits per heavy atom. The van der Waals surface area contributed by atoms with Crippen molar-refractivity contribution >= 4 is 35.0 Å². The summed E-state index contributed by atoms with van der Waals surface area (Å²) in [5.41, 5.74) is -0.953. The molecule has 0 aliphatic carbocycles. The largest absolute Gasteiger partial charge is 0.472 e. The normalized spacial score (nSPS) is 12.2. The van der Waals surface area contributed by atoms with Gasteiger partial charge in [-0.25, -0.2) is 19.1 Å². The van der Waals surface area contributed by atoms with Crippen LogP contribution in [0.15, 0.2) is 116 Å². The van der Waals surface area contributed by atoms with E-state index in [1.807, 2.05) is 24.3 Å². The molecule has 4 aromatic carbocycles. The molecule has 6 aromatic rings. The monoisotopic (exact) mass is 784 g/mol. The van der Waals surface area contributed by atoms with Gasteiger partial charge in [0.25, 0.3) is 0 Å². The van der Waals surface area contributed by atoms with E-state index >= 15 is 0 Å². The summed E-state index contributed by atoms with van der Waals surface area (Å²) < 4.78 is 59.8. The fourth-order valence-corrected chi connectivity index (χ4v) is 5.36. The van der Waals surface area contributed by atoms with Gasteiger partial charge in [-0.1, -0.05) is 47.5 Å². The zero-order valence-electron chi connectivity index (χ0n) is 28.9. The summed E-state index contributed by atoms with van der Waals surface area (Å²) in [6.45, 7) is 1.30. The molecule has 0 radical (unpaired) electrons. The molecule has 0 bridgehead atoms. The minimum atomic E-state index is -4.68. The van der Waals surface area contributed by atoms with Crippen molar-refractivity contribution in [1.82, 2.24) is 24.5 Å². The molecule has 282 valence electrons. The van der Waals surface area contributed by atoms with Crippen molar-refractivity contribution in [1.29, 1.82) is 0 Å². The Morgan fingerprint density at radius 2 is 1.56 bits per heavy atom. The molecule has 12 nitrogen and oxygen atoms in total. The third kappa shape index (κ3) is 10.3. The second kappa shape index (κ2) is 17.5. The van der Waals surface area contributed by atoms with Crippen LogP contribution in [-0.2, 0) is 34.5 Å². The zero-order chi connectivity index (χ0) is 38.9. The first-order chi connectivity index (χ1) is 25.8. The van der Waals surface area contributed by atoms with E-state index < -0.39 is 23.4 Å². The second-order valence-corrected chi connectivity index (χ2v) is 12.4. The third-order valence-corrected chi connectivity index (χ3v) is 8.13. The van der Waals surface area contributed by atoms with Crippen molar-refractivity contribution in [2.24, 2.45) is 0 Å². The van der Waals surface area contributed by atoms with Gasteiger partial charge in [-0.05, 0) is 79.2 Å². The van der Waals surface area contributed by atoms with Gasteiger partial charge in [-0.3, -0.25) is 4.84 Å². The van der Waals surface area contributed by atoms with Gasteiger partial charge in [0.05, 0.1) is 37.7 Å². The Hall–Kier alpha value is -5.61. The average Bonchev–Trinajstić information content (AvgIpc) is 3.85. The number of aliphatic hydroxyl groups is 1. The Morgan fingerprint density at radius 1 is 0.889 bits per heavy atom. The SMILES string of the molecule is CC(O)(Cn1cncn1)c1ccc(Oc2ccc(Cl)cc2)cc1C(F)(F)F.COC(=O)N(OC)c1ccccc1COc1ccn(-c2ccc(Cl)cc2)n1. The molecule has 1 atom stereocenters. The molecule has 0 fully saturated rings. The number of ether oxygens (including phenoxy) is 3. The topological polar surface area (TPSA) is 126 Å². The number of halogens is 5. The highest BCUT2D eigenvalue weighted by atomic mass is 35.5. The molecule has 6 rings (SSSR count). The molecule has 0 spiro atoms. The fourth-order valence-electron chi connectivity index (χ4n) is 5.10. The number of aromatic nitrogens is 5. The van der Waals surface area contributed by atoms with Gasteiger partial charge >= 0.3 is 12.3 Å². The summed E-state index contributed by atoms with van der Waals surface area (Å²) in [5, 5.41) is 21.1. The van der Waals surface area contributed by atoms with Crippen LogP contribution in [0.2, 0.25) is 10.0 Å². The van der Waals surface area contributed by atoms with Crippen molar-refractivity contribution in [2.75, 3.05) is 19.3 Å². The lowest BCUT2D eigenvalue weighted by atomic mass is 9.90. The molecule has 1 unspecified atom stereocenters. The quantitative estimate of drug-likeness (QED) is 0.128. The van der Waals surface area contributed by atoms with Crippen molar-refractivity contribution in [3.63, 3.8) is 0 Å². The third-order valence-electron chi connectivity index (χ3n) is 7.63. The summed E-state index contributed by atoms with van der Waals surface area (Å²) in [4.78, 5) is 20.7. The highest BCUT2D eigenvalue weighted by molar-refractivity contribution is 6.30. The Labute approximate surface area is 317 Å². The van der Waals surface area contributed by atoms with E-state index in [2.05, 4.69) is 15.2 Å². The first-order valence-corrected chi connectivity index (χ1v) is 16.7. The fraction of sp³-hybridized carbons (Fsp3) is 0.189. The smallest absolute Gasteiger partial charge is 0.438 e. The van der Waals surface area contributed by atoms with E-state index in [1.54, 1.807) is 65.5 Å². The van der Waals surface area contributed by atoms with Crippen LogP contribution in [-0.4, -0.2) is 50.0 Å². The van der Waals surface area contributed by atoms with Crippen LogP contribution in [0.4, 0.5) is 23.7 Å². The molecule has 54 heavy (non-hydrogen) atoms. The minimum Gasteiger partial charge on any atom is -0.472 e. The first-order valence-electron chi connectivity index (χ1n) is 15.9. The molecule has 0 aliphatic rings. The number of anilines is 1. The lowest BCUT2D eigenvalue weighted by molar-refractivity contribution is -0.140. The molecule has 2 aromatic heterocycles. The van der Waals surface area contributed by atoms with Gasteiger partial charge in [0.1, 0.15) is 36.4 Å². The van der Waals surface area contributed by atoms with Gasteiger partial charge < -0.3 is 19.3 Å². The number of alkyl halides is 3. The van der Waals surface area contributed by atoms with Gasteiger partial charge in [-0.2, -0.15) is 23.3 Å². The lowest BCUT2D eigenvalue weighted by Gasteiger charge is -2.27. The van der Waals surface area contributed by atoms with Gasteiger partial charge in [0.2, 0.25) is 5.88 Å². The number of hydroxylamine groups is 1. The number of carbonyl (C=O) groups excluding carboxylic acids is 1. The van der Waals surface area contributed by atoms with Crippen molar-refractivity contribution in [2.45, 2.75) is 31.9 Å². The van der Waals surface area contributed by atoms with Gasteiger partial charge in [-0.15, -0.1) is 5.10 Å². The predicted octanol–water partition coefficient (Wildman–Crippen LogP) is 8.89. The average molecular weight is 786 g/mol. The van der Waals surface area contributed by atoms with Crippen LogP contribution in [0.5, 0.6) is 17.4 Å². The molecule has 2 heterocycles. The minimum absolute atomic E-state index is 0.00930. The Balaban J connectivity index is 0.000000208. The number of benzene rings is 4. The number of carbonyl (C=O) groups is 1. The second-order valence-electron chi connectivity index (χ2n) is 11.6. The number of hydrogen-bond acceptors (Lipinski definition) is 9. The summed E-state index contributed by atoms with van der Waals surface area (Å²) in [5.74, 6) is 0.779. The maximum atomic E-state index is 13.6. The number of methoxy groups -OCH3 is 1. The number of amides is 1. The van der Waals surface area contributed by atoms with Crippen LogP contribution in [0, 0.1) is 0 Å². The van der Waals surface area contributed by atoms with Crippen molar-refractivity contribution in [3.05, 3.63) is 143 Å². The molecule has 0 saturated heterocycles. The van der Waals surface area contributed by atoms with E-state index in [0.717, 1.165) is 22.4 Å². The maximum Gasteiger partial charge on any atom is 0.438 e. The van der Waals surface area contributed by atoms with Crippen LogP contribution in [0.25, 0.3) is 5.69 Å². The van der Waals surface area contributed by atoms with Crippen LogP contribution in [0.3, 0.4) is 0 Å². The maximum absolute atomic E-state index is 13.6. The Kier molecular flexibility index (Phi) is 12.8. The first kappa shape index (κ1) is 39.6. The predicted molar refractivity (Wildman–Crippen MR) is 194 cm³/mol. The van der Waals surface area contributed by atoms with Gasteiger partial charge in [0.15, 0.2) is 0 Å². The summed E-state index contributed by atoms with van der Waals surface area (Å²) >= 11 is 11.7. The zero-order valence-corrected chi connectivity index (χ0v) is 30.5. The van der Waals surface area contributed by atoms with Crippen molar-refractivity contribution < 1.29 is 42.1 Å². The summed E-state index contributed by atoms with van der Waals surface area (Å²) in [6, 6.07) is 25.9. The Bertz CT molecular complexity index is 2130. The standard InChI is InChI=1S/C19H18ClN3O4.C18H15ClF3N3O2/c1-25-19(24)23(26-2)17-6-4-3-5-14(17)13-27-18-11-12-22(21-18)16-9-7-15(20)8-10-16;1-17(26,9-25-11-23-10-24-25)15-7-6-14(8-16(15)18(20,21)22)27-13-4-2-12(19)3-5-13/h3-12H,13H2,1-2H3;2-8,10-11,26H,9H2,1H3. The molecular formula is C37H33Cl2F3N6O6. The van der Waals surface area contributed by atoms with Crippen LogP contribution in [0.1, 0.15) is 23.6 Å². The lowest BCUT2D eigenvalue weighted by Crippen LogP contribution is -2.31. The molecular weight excluding hydrogens is 752 g/mol. The number of nitrogens with zero attached hydrogens (tertiary/aromatic N) is 6. The van der Waals surface area contributed by atoms with E-state index in [1.165, 1.54) is 50.6 Å². The number of rotatable bonds is 11. The van der Waals surface area contributed by atoms with Crippen LogP contribution >= 0.6 is 23.2 Å². The molecule has 17 heteroatoms. The molecule has 1 N–H and O–H groups in total. The van der Waals surface area contributed by atoms with E-state index in [9.17, 15) is 23.1 Å². The molecule has 0 saturated carbocycles. The number of hydrogen-bond donors (Lipinski definition) is 1. The highest BCUT2D eigenvalue weighted by Gasteiger charge is 2.39. The highest BCUT2D eigenvalue weighted by Crippen LogP contribution is 2.40. The van der Waals surface area contributed by atoms with Crippen LogP contribution < -0.4 is 14.5 Å². The van der Waals surface area contributed by atoms with E-state index in [-0.39, 0.29) is 24.5 Å². The van der Waals surface area contributed by atoms with Gasteiger partial charge in [0, 0.05) is 27.9 Å². The molecule has 1 amide bonds. The molecule has 0 aliphatic heterocycles. The van der Waals surface area contributed by atoms with Crippen molar-refractivity contribution in [3.8, 4) is 23.1 Å². The van der Waals surface area contributed by atoms with E-state index in [4.69, 9.17) is 42.3 Å². The summed E-state index contributed by atoms with van der Waals surface area (Å²) in [7, 11) is 2.68. The number of para-hydroxylation sites is 1. The summed E-state index contributed by atoms with van der Waals surface area (Å²) in [6.07, 6.45) is -0.956.